The maximum atomic E-state index is 8.60. The summed E-state index contributed by atoms with van der Waals surface area (Å²) in [6.07, 6.45) is 4.54. The predicted molar refractivity (Wildman–Crippen MR) is 81.5 cm³/mol. The van der Waals surface area contributed by atoms with Crippen LogP contribution in [-0.2, 0) is 13.0 Å². The van der Waals surface area contributed by atoms with Crippen molar-refractivity contribution in [1.82, 2.24) is 4.57 Å². The second kappa shape index (κ2) is 5.61. The highest BCUT2D eigenvalue weighted by atomic mass is 16.4. The maximum absolute atomic E-state index is 8.60. The molecule has 0 radical (unpaired) electrons. The fourth-order valence-electron chi connectivity index (χ4n) is 2.56. The van der Waals surface area contributed by atoms with Gasteiger partial charge >= 0.3 is 0 Å². The smallest absolute Gasteiger partial charge is 0.0633 e. The molecule has 0 saturated heterocycles. The van der Waals surface area contributed by atoms with Gasteiger partial charge in [-0.15, -0.1) is 5.16 Å². The van der Waals surface area contributed by atoms with E-state index in [-0.39, 0.29) is 0 Å². The zero-order valence-electron chi connectivity index (χ0n) is 11.1. The summed E-state index contributed by atoms with van der Waals surface area (Å²) in [4.78, 5) is 0. The van der Waals surface area contributed by atoms with Crippen LogP contribution in [0.15, 0.2) is 65.9 Å². The van der Waals surface area contributed by atoms with Crippen LogP contribution < -0.4 is 0 Å². The van der Waals surface area contributed by atoms with Gasteiger partial charge in [0.05, 0.1) is 12.8 Å². The van der Waals surface area contributed by atoms with E-state index in [4.69, 9.17) is 5.21 Å². The van der Waals surface area contributed by atoms with E-state index >= 15 is 0 Å². The molecule has 0 saturated carbocycles. The van der Waals surface area contributed by atoms with E-state index in [1.165, 1.54) is 28.2 Å². The van der Waals surface area contributed by atoms with Crippen molar-refractivity contribution < 1.29 is 5.21 Å². The first kappa shape index (κ1) is 12.5. The molecule has 3 heteroatoms. The van der Waals surface area contributed by atoms with Crippen molar-refractivity contribution in [2.75, 3.05) is 0 Å². The van der Waals surface area contributed by atoms with Crippen LogP contribution in [-0.4, -0.2) is 16.0 Å². The third-order valence-corrected chi connectivity index (χ3v) is 3.47. The number of rotatable bonds is 4. The number of hydrogen-bond acceptors (Lipinski definition) is 2. The molecule has 2 aromatic carbocycles. The molecular formula is C17H16N2O. The van der Waals surface area contributed by atoms with Gasteiger partial charge in [0, 0.05) is 17.1 Å². The molecular weight excluding hydrogens is 248 g/mol. The predicted octanol–water partition coefficient (Wildman–Crippen LogP) is 3.69. The normalized spacial score (nSPS) is 11.4. The Morgan fingerprint density at radius 1 is 1.00 bits per heavy atom. The Bertz CT molecular complexity index is 729. The van der Waals surface area contributed by atoms with Gasteiger partial charge in [-0.05, 0) is 23.6 Å². The highest BCUT2D eigenvalue weighted by Gasteiger charge is 2.07. The molecule has 3 rings (SSSR count). The zero-order valence-corrected chi connectivity index (χ0v) is 11.1. The summed E-state index contributed by atoms with van der Waals surface area (Å²) >= 11 is 0. The number of nitrogens with zero attached hydrogens (tertiary/aromatic N) is 2. The molecule has 0 spiro atoms. The van der Waals surface area contributed by atoms with Crippen LogP contribution in [0.5, 0.6) is 0 Å². The summed E-state index contributed by atoms with van der Waals surface area (Å²) in [7, 11) is 0. The third kappa shape index (κ3) is 2.43. The van der Waals surface area contributed by atoms with E-state index in [0.29, 0.717) is 6.54 Å². The summed E-state index contributed by atoms with van der Waals surface area (Å²) in [6, 6.07) is 18.8. The van der Waals surface area contributed by atoms with Gasteiger partial charge in [0.2, 0.25) is 0 Å². The van der Waals surface area contributed by atoms with Crippen LogP contribution in [0, 0.1) is 0 Å². The van der Waals surface area contributed by atoms with Crippen LogP contribution in [0.2, 0.25) is 0 Å². The third-order valence-electron chi connectivity index (χ3n) is 3.47. The monoisotopic (exact) mass is 264 g/mol. The molecule has 0 bridgehead atoms. The number of hydrogen-bond donors (Lipinski definition) is 1. The summed E-state index contributed by atoms with van der Waals surface area (Å²) in [5.74, 6) is 0. The Kier molecular flexibility index (Phi) is 3.50. The Hall–Kier alpha value is -2.55. The van der Waals surface area contributed by atoms with E-state index < -0.39 is 0 Å². The number of benzene rings is 2. The lowest BCUT2D eigenvalue weighted by molar-refractivity contribution is 0.320. The SMILES string of the molecule is O/N=C/Cn1cc(Cc2ccccc2)c2ccccc21. The van der Waals surface area contributed by atoms with Crippen LogP contribution in [0.4, 0.5) is 0 Å². The van der Waals surface area contributed by atoms with Gasteiger partial charge in [-0.2, -0.15) is 0 Å². The van der Waals surface area contributed by atoms with Crippen LogP contribution in [0.3, 0.4) is 0 Å². The lowest BCUT2D eigenvalue weighted by atomic mass is 10.0. The quantitative estimate of drug-likeness (QED) is 0.435. The summed E-state index contributed by atoms with van der Waals surface area (Å²) in [6.45, 7) is 0.575. The van der Waals surface area contributed by atoms with Gasteiger partial charge in [-0.1, -0.05) is 48.5 Å². The molecule has 3 aromatic rings. The molecule has 0 amide bonds. The van der Waals surface area contributed by atoms with Crippen molar-refractivity contribution in [2.45, 2.75) is 13.0 Å². The van der Waals surface area contributed by atoms with Crippen molar-refractivity contribution in [3.05, 3.63) is 71.9 Å². The lowest BCUT2D eigenvalue weighted by Gasteiger charge is -1.99. The van der Waals surface area contributed by atoms with Gasteiger partial charge < -0.3 is 9.77 Å². The Balaban J connectivity index is 2.02. The Morgan fingerprint density at radius 3 is 2.55 bits per heavy atom. The molecule has 0 aliphatic rings. The topological polar surface area (TPSA) is 37.5 Å². The Morgan fingerprint density at radius 2 is 1.75 bits per heavy atom. The van der Waals surface area contributed by atoms with E-state index in [0.717, 1.165) is 6.42 Å². The van der Waals surface area contributed by atoms with Crippen LogP contribution in [0.1, 0.15) is 11.1 Å². The average molecular weight is 264 g/mol. The molecule has 1 aromatic heterocycles. The van der Waals surface area contributed by atoms with E-state index in [1.807, 2.05) is 12.1 Å². The minimum absolute atomic E-state index is 0.575. The average Bonchev–Trinajstić information content (AvgIpc) is 2.85. The number of oxime groups is 1. The standard InChI is InChI=1S/C17H16N2O/c20-18-10-11-19-13-15(12-14-6-2-1-3-7-14)16-8-4-5-9-17(16)19/h1-10,13,20H,11-12H2/b18-10+. The molecule has 0 fully saturated rings. The van der Waals surface area contributed by atoms with Crippen molar-refractivity contribution in [1.29, 1.82) is 0 Å². The molecule has 1 heterocycles. The fourth-order valence-corrected chi connectivity index (χ4v) is 2.56. The minimum atomic E-state index is 0.575. The van der Waals surface area contributed by atoms with Crippen molar-refractivity contribution >= 4 is 17.1 Å². The van der Waals surface area contributed by atoms with Crippen molar-refractivity contribution in [3.63, 3.8) is 0 Å². The molecule has 3 nitrogen and oxygen atoms in total. The summed E-state index contributed by atoms with van der Waals surface area (Å²) < 4.78 is 2.10. The number of aromatic nitrogens is 1. The first-order valence-electron chi connectivity index (χ1n) is 6.65. The number of para-hydroxylation sites is 1. The highest BCUT2D eigenvalue weighted by Crippen LogP contribution is 2.23. The van der Waals surface area contributed by atoms with Gasteiger partial charge in [0.1, 0.15) is 0 Å². The van der Waals surface area contributed by atoms with Crippen molar-refractivity contribution in [2.24, 2.45) is 5.16 Å². The second-order valence-corrected chi connectivity index (χ2v) is 4.78. The molecule has 0 unspecified atom stereocenters. The molecule has 0 aliphatic carbocycles. The Labute approximate surface area is 117 Å². The van der Waals surface area contributed by atoms with Crippen LogP contribution in [0.25, 0.3) is 10.9 Å². The summed E-state index contributed by atoms with van der Waals surface area (Å²) in [5, 5.41) is 12.9. The first-order valence-corrected chi connectivity index (χ1v) is 6.65. The maximum Gasteiger partial charge on any atom is 0.0633 e. The van der Waals surface area contributed by atoms with Gasteiger partial charge in [0.15, 0.2) is 0 Å². The second-order valence-electron chi connectivity index (χ2n) is 4.78. The molecule has 0 atom stereocenters. The highest BCUT2D eigenvalue weighted by molar-refractivity contribution is 5.85. The molecule has 20 heavy (non-hydrogen) atoms. The molecule has 1 N–H and O–H groups in total. The zero-order chi connectivity index (χ0) is 13.8. The molecule has 100 valence electrons. The lowest BCUT2D eigenvalue weighted by Crippen LogP contribution is -1.96. The van der Waals surface area contributed by atoms with E-state index in [1.54, 1.807) is 0 Å². The van der Waals surface area contributed by atoms with Crippen LogP contribution >= 0.6 is 0 Å². The van der Waals surface area contributed by atoms with E-state index in [9.17, 15) is 0 Å². The minimum Gasteiger partial charge on any atom is -0.411 e. The molecule has 0 aliphatic heterocycles. The largest absolute Gasteiger partial charge is 0.411 e. The number of fused-ring (bicyclic) bond motifs is 1. The van der Waals surface area contributed by atoms with Gasteiger partial charge in [-0.25, -0.2) is 0 Å². The first-order chi connectivity index (χ1) is 9.88. The van der Waals surface area contributed by atoms with Crippen molar-refractivity contribution in [3.8, 4) is 0 Å². The van der Waals surface area contributed by atoms with Gasteiger partial charge in [0.25, 0.3) is 0 Å². The van der Waals surface area contributed by atoms with E-state index in [2.05, 4.69) is 58.4 Å². The summed E-state index contributed by atoms with van der Waals surface area (Å²) in [5.41, 5.74) is 3.75. The fraction of sp³-hybridized carbons (Fsp3) is 0.118. The van der Waals surface area contributed by atoms with Gasteiger partial charge in [-0.3, -0.25) is 0 Å².